The van der Waals surface area contributed by atoms with Gasteiger partial charge < -0.3 is 20.7 Å². The van der Waals surface area contributed by atoms with Crippen LogP contribution in [0.3, 0.4) is 0 Å². The Morgan fingerprint density at radius 2 is 2.09 bits per heavy atom. The Hall–Kier alpha value is -0.160. The number of ether oxygens (including phenoxy) is 1. The van der Waals surface area contributed by atoms with Crippen molar-refractivity contribution in [2.75, 3.05) is 6.61 Å². The molecular weight excluding hydrogens is 146 g/mol. The summed E-state index contributed by atoms with van der Waals surface area (Å²) in [4.78, 5) is 0. The third kappa shape index (κ3) is 1.54. The van der Waals surface area contributed by atoms with Gasteiger partial charge >= 0.3 is 0 Å². The first kappa shape index (κ1) is 8.93. The van der Waals surface area contributed by atoms with Crippen molar-refractivity contribution in [3.05, 3.63) is 0 Å². The summed E-state index contributed by atoms with van der Waals surface area (Å²) in [7, 11) is 0. The Kier molecular flexibility index (Phi) is 2.84. The van der Waals surface area contributed by atoms with Crippen molar-refractivity contribution in [3.8, 4) is 0 Å². The smallest absolute Gasteiger partial charge is 0.108 e. The van der Waals surface area contributed by atoms with Gasteiger partial charge in [-0.05, 0) is 6.42 Å². The summed E-state index contributed by atoms with van der Waals surface area (Å²) in [5.74, 6) is 0. The van der Waals surface area contributed by atoms with Crippen LogP contribution in [0.25, 0.3) is 0 Å². The maximum absolute atomic E-state index is 9.35. The molecule has 4 nitrogen and oxygen atoms in total. The van der Waals surface area contributed by atoms with Crippen LogP contribution in [0.2, 0.25) is 0 Å². The third-order valence-electron chi connectivity index (χ3n) is 2.14. The molecule has 0 bridgehead atoms. The minimum absolute atomic E-state index is 0.109. The molecule has 0 aromatic rings. The van der Waals surface area contributed by atoms with Crippen molar-refractivity contribution in [3.63, 3.8) is 0 Å². The summed E-state index contributed by atoms with van der Waals surface area (Å²) in [6, 6.07) is -0.350. The first-order chi connectivity index (χ1) is 5.20. The fourth-order valence-electron chi connectivity index (χ4n) is 1.38. The van der Waals surface area contributed by atoms with Crippen molar-refractivity contribution in [1.29, 1.82) is 0 Å². The number of hydrogen-bond donors (Lipinski definition) is 3. The maximum Gasteiger partial charge on any atom is 0.108 e. The monoisotopic (exact) mass is 161 g/mol. The molecule has 0 aliphatic carbocycles. The molecule has 11 heavy (non-hydrogen) atoms. The molecule has 0 radical (unpaired) electrons. The minimum atomic E-state index is -0.718. The molecule has 4 heteroatoms. The van der Waals surface area contributed by atoms with E-state index >= 15 is 0 Å². The van der Waals surface area contributed by atoms with E-state index in [0.717, 1.165) is 6.42 Å². The number of aliphatic hydroxyl groups excluding tert-OH is 2. The van der Waals surface area contributed by atoms with Crippen molar-refractivity contribution in [1.82, 2.24) is 0 Å². The highest BCUT2D eigenvalue weighted by atomic mass is 16.5. The van der Waals surface area contributed by atoms with Crippen LogP contribution in [-0.2, 0) is 4.74 Å². The highest BCUT2D eigenvalue weighted by molar-refractivity contribution is 4.92. The molecule has 4 N–H and O–H groups in total. The van der Waals surface area contributed by atoms with Crippen LogP contribution < -0.4 is 5.73 Å². The van der Waals surface area contributed by atoms with Gasteiger partial charge in [0, 0.05) is 0 Å². The third-order valence-corrected chi connectivity index (χ3v) is 2.14. The summed E-state index contributed by atoms with van der Waals surface area (Å²) in [5, 5.41) is 18.1. The summed E-state index contributed by atoms with van der Waals surface area (Å²) >= 11 is 0. The number of aliphatic hydroxyl groups is 2. The standard InChI is InChI=1S/C7H15NO3/c1-2-4-6(8)7(10)5(3-9)11-4/h4-7,9-10H,2-3,8H2,1H3/t4-,5-,6-,7+/m1/s1. The summed E-state index contributed by atoms with van der Waals surface area (Å²) in [6.45, 7) is 1.78. The molecule has 1 saturated heterocycles. The van der Waals surface area contributed by atoms with Crippen LogP contribution in [0.1, 0.15) is 13.3 Å². The Morgan fingerprint density at radius 1 is 1.45 bits per heavy atom. The summed E-state index contributed by atoms with van der Waals surface area (Å²) in [6.07, 6.45) is -0.545. The fraction of sp³-hybridized carbons (Fsp3) is 1.00. The Bertz CT molecular complexity index is 113. The number of nitrogens with two attached hydrogens (primary N) is 1. The molecule has 0 amide bonds. The van der Waals surface area contributed by atoms with Gasteiger partial charge in [0.15, 0.2) is 0 Å². The van der Waals surface area contributed by atoms with E-state index in [1.807, 2.05) is 6.92 Å². The fourth-order valence-corrected chi connectivity index (χ4v) is 1.38. The molecule has 66 valence electrons. The van der Waals surface area contributed by atoms with Crippen LogP contribution in [0.4, 0.5) is 0 Å². The maximum atomic E-state index is 9.35. The van der Waals surface area contributed by atoms with Crippen LogP contribution in [-0.4, -0.2) is 41.2 Å². The lowest BCUT2D eigenvalue weighted by molar-refractivity contribution is -0.0224. The molecule has 1 heterocycles. The molecule has 1 rings (SSSR count). The lowest BCUT2D eigenvalue weighted by Gasteiger charge is -2.12. The van der Waals surface area contributed by atoms with E-state index in [-0.39, 0.29) is 18.8 Å². The van der Waals surface area contributed by atoms with Crippen LogP contribution >= 0.6 is 0 Å². The highest BCUT2D eigenvalue weighted by Gasteiger charge is 2.39. The SMILES string of the molecule is CC[C@H]1O[C@H](CO)[C@H](O)[C@@H]1N. The van der Waals surface area contributed by atoms with E-state index in [1.165, 1.54) is 0 Å². The zero-order valence-electron chi connectivity index (χ0n) is 6.60. The quantitative estimate of drug-likeness (QED) is 0.477. The van der Waals surface area contributed by atoms with Gasteiger partial charge in [-0.1, -0.05) is 6.92 Å². The second kappa shape index (κ2) is 3.49. The summed E-state index contributed by atoms with van der Waals surface area (Å²) in [5.41, 5.74) is 5.61. The van der Waals surface area contributed by atoms with Gasteiger partial charge in [0.2, 0.25) is 0 Å². The average Bonchev–Trinajstić information content (AvgIpc) is 2.30. The lowest BCUT2D eigenvalue weighted by atomic mass is 10.0. The van der Waals surface area contributed by atoms with Crippen LogP contribution in [0.15, 0.2) is 0 Å². The van der Waals surface area contributed by atoms with Gasteiger partial charge in [0.25, 0.3) is 0 Å². The molecule has 1 aliphatic rings. The normalized spacial score (nSPS) is 44.7. The summed E-state index contributed by atoms with van der Waals surface area (Å²) < 4.78 is 5.26. The predicted octanol–water partition coefficient (Wildman–Crippen LogP) is -1.16. The predicted molar refractivity (Wildman–Crippen MR) is 40.0 cm³/mol. The van der Waals surface area contributed by atoms with Crippen LogP contribution in [0, 0.1) is 0 Å². The molecule has 0 aromatic heterocycles. The Morgan fingerprint density at radius 3 is 2.36 bits per heavy atom. The van der Waals surface area contributed by atoms with Crippen molar-refractivity contribution >= 4 is 0 Å². The van der Waals surface area contributed by atoms with E-state index < -0.39 is 12.2 Å². The molecule has 0 unspecified atom stereocenters. The molecular formula is C7H15NO3. The van der Waals surface area contributed by atoms with Crippen molar-refractivity contribution < 1.29 is 14.9 Å². The molecule has 4 atom stereocenters. The minimum Gasteiger partial charge on any atom is -0.394 e. The van der Waals surface area contributed by atoms with Gasteiger partial charge in [0.05, 0.1) is 24.9 Å². The van der Waals surface area contributed by atoms with Crippen molar-refractivity contribution in [2.45, 2.75) is 37.7 Å². The first-order valence-corrected chi connectivity index (χ1v) is 3.90. The molecule has 0 aromatic carbocycles. The zero-order valence-corrected chi connectivity index (χ0v) is 6.60. The van der Waals surface area contributed by atoms with E-state index in [9.17, 15) is 5.11 Å². The molecule has 1 fully saturated rings. The van der Waals surface area contributed by atoms with E-state index in [1.54, 1.807) is 0 Å². The molecule has 0 saturated carbocycles. The first-order valence-electron chi connectivity index (χ1n) is 3.90. The second-order valence-corrected chi connectivity index (χ2v) is 2.87. The molecule has 0 spiro atoms. The van der Waals surface area contributed by atoms with Crippen LogP contribution in [0.5, 0.6) is 0 Å². The van der Waals surface area contributed by atoms with Gasteiger partial charge in [-0.2, -0.15) is 0 Å². The lowest BCUT2D eigenvalue weighted by Crippen LogP contribution is -2.40. The number of rotatable bonds is 2. The largest absolute Gasteiger partial charge is 0.394 e. The highest BCUT2D eigenvalue weighted by Crippen LogP contribution is 2.21. The van der Waals surface area contributed by atoms with E-state index in [4.69, 9.17) is 15.6 Å². The number of hydrogen-bond acceptors (Lipinski definition) is 4. The topological polar surface area (TPSA) is 75.7 Å². The van der Waals surface area contributed by atoms with E-state index in [2.05, 4.69) is 0 Å². The van der Waals surface area contributed by atoms with Gasteiger partial charge in [-0.15, -0.1) is 0 Å². The van der Waals surface area contributed by atoms with Crippen molar-refractivity contribution in [2.24, 2.45) is 5.73 Å². The van der Waals surface area contributed by atoms with E-state index in [0.29, 0.717) is 0 Å². The Balaban J connectivity index is 2.53. The van der Waals surface area contributed by atoms with Gasteiger partial charge in [-0.25, -0.2) is 0 Å². The van der Waals surface area contributed by atoms with Gasteiger partial charge in [0.1, 0.15) is 6.10 Å². The van der Waals surface area contributed by atoms with Gasteiger partial charge in [-0.3, -0.25) is 0 Å². The molecule has 1 aliphatic heterocycles. The zero-order chi connectivity index (χ0) is 8.43. The Labute approximate surface area is 66.0 Å². The average molecular weight is 161 g/mol. The second-order valence-electron chi connectivity index (χ2n) is 2.87.